The molecular weight excluding hydrogens is 271 g/mol. The van der Waals surface area contributed by atoms with Crippen molar-refractivity contribution in [2.75, 3.05) is 0 Å². The summed E-state index contributed by atoms with van der Waals surface area (Å²) in [5.74, 6) is -1.47. The van der Waals surface area contributed by atoms with Gasteiger partial charge in [-0.3, -0.25) is 14.1 Å². The van der Waals surface area contributed by atoms with Gasteiger partial charge in [0.15, 0.2) is 5.78 Å². The molecule has 0 atom stereocenters. The number of fused-ring (bicyclic) bond motifs is 1. The Balaban J connectivity index is 0.00000144. The summed E-state index contributed by atoms with van der Waals surface area (Å²) in [5, 5.41) is 0. The molecule has 5 nitrogen and oxygen atoms in total. The largest absolute Gasteiger partial charge is 1.00 e. The van der Waals surface area contributed by atoms with Crippen molar-refractivity contribution >= 4 is 21.7 Å². The molecular formula is C10H7KO5S. The predicted octanol–water partition coefficient (Wildman–Crippen LogP) is -2.05. The van der Waals surface area contributed by atoms with Gasteiger partial charge in [-0.1, -0.05) is 24.3 Å². The molecule has 2 rings (SSSR count). The molecule has 0 spiro atoms. The van der Waals surface area contributed by atoms with Crippen molar-refractivity contribution in [3.63, 3.8) is 0 Å². The molecule has 0 aliphatic heterocycles. The van der Waals surface area contributed by atoms with Crippen LogP contribution in [0.1, 0.15) is 22.1 Å². The minimum absolute atomic E-state index is 0. The molecule has 0 bridgehead atoms. The van der Waals surface area contributed by atoms with Gasteiger partial charge in [0.1, 0.15) is 4.91 Å². The van der Waals surface area contributed by atoms with Crippen molar-refractivity contribution in [3.8, 4) is 0 Å². The Kier molecular flexibility index (Phi) is 4.58. The number of benzene rings is 1. The fourth-order valence-corrected chi connectivity index (χ4v) is 2.08. The van der Waals surface area contributed by atoms with Gasteiger partial charge < -0.3 is 1.43 Å². The fraction of sp³-hybridized carbons (Fsp3) is 0. The maximum absolute atomic E-state index is 11.6. The molecule has 0 amide bonds. The third-order valence-electron chi connectivity index (χ3n) is 2.20. The summed E-state index contributed by atoms with van der Waals surface area (Å²) in [5.41, 5.74) is 0.127. The molecule has 0 radical (unpaired) electrons. The summed E-state index contributed by atoms with van der Waals surface area (Å²) in [6.07, 6.45) is 0.639. The third kappa shape index (κ3) is 2.82. The second-order valence-electron chi connectivity index (χ2n) is 3.22. The second-order valence-corrected chi connectivity index (χ2v) is 4.61. The number of ketones is 2. The molecule has 0 saturated carbocycles. The van der Waals surface area contributed by atoms with Crippen LogP contribution in [0.5, 0.6) is 0 Å². The first-order chi connectivity index (χ1) is 7.41. The third-order valence-corrected chi connectivity index (χ3v) is 3.06. The molecule has 1 aliphatic rings. The smallest absolute Gasteiger partial charge is 1.00 e. The number of hydrogen-bond donors (Lipinski definition) is 1. The average molecular weight is 278 g/mol. The predicted molar refractivity (Wildman–Crippen MR) is 55.8 cm³/mol. The van der Waals surface area contributed by atoms with E-state index in [1.54, 1.807) is 6.07 Å². The van der Waals surface area contributed by atoms with Gasteiger partial charge in [-0.25, -0.2) is 0 Å². The molecule has 1 N–H and O–H groups in total. The van der Waals surface area contributed by atoms with Crippen LogP contribution >= 0.6 is 0 Å². The Morgan fingerprint density at radius 3 is 2.12 bits per heavy atom. The van der Waals surface area contributed by atoms with E-state index in [2.05, 4.69) is 0 Å². The summed E-state index contributed by atoms with van der Waals surface area (Å²) in [4.78, 5) is 22.3. The standard InChI is InChI=1S/C10H6O5S.K.H/c11-8-5-9(16(13,14)15)10(12)7-4-2-1-3-6(7)8;;/h1-5H,(H,13,14,15);;/q;+1;-1. The van der Waals surface area contributed by atoms with E-state index in [1.807, 2.05) is 0 Å². The van der Waals surface area contributed by atoms with E-state index in [-0.39, 0.29) is 63.9 Å². The number of rotatable bonds is 1. The molecule has 1 aromatic rings. The summed E-state index contributed by atoms with van der Waals surface area (Å²) >= 11 is 0. The molecule has 0 saturated heterocycles. The topological polar surface area (TPSA) is 88.5 Å². The monoisotopic (exact) mass is 278 g/mol. The van der Waals surface area contributed by atoms with Crippen molar-refractivity contribution in [1.29, 1.82) is 0 Å². The van der Waals surface area contributed by atoms with E-state index in [1.165, 1.54) is 18.2 Å². The Bertz CT molecular complexity index is 635. The molecule has 1 aromatic carbocycles. The van der Waals surface area contributed by atoms with Gasteiger partial charge in [-0.15, -0.1) is 0 Å². The first-order valence-electron chi connectivity index (χ1n) is 4.28. The minimum atomic E-state index is -4.66. The molecule has 0 unspecified atom stereocenters. The van der Waals surface area contributed by atoms with Crippen LogP contribution in [0.3, 0.4) is 0 Å². The Labute approximate surface area is 142 Å². The summed E-state index contributed by atoms with van der Waals surface area (Å²) in [6, 6.07) is 5.84. The van der Waals surface area contributed by atoms with Crippen molar-refractivity contribution in [1.82, 2.24) is 0 Å². The Morgan fingerprint density at radius 1 is 1.06 bits per heavy atom. The van der Waals surface area contributed by atoms with Gasteiger partial charge >= 0.3 is 51.4 Å². The van der Waals surface area contributed by atoms with Crippen LogP contribution in [0.15, 0.2) is 35.2 Å². The summed E-state index contributed by atoms with van der Waals surface area (Å²) in [6.45, 7) is 0. The summed E-state index contributed by atoms with van der Waals surface area (Å²) in [7, 11) is -4.66. The second kappa shape index (κ2) is 5.23. The fourth-order valence-electron chi connectivity index (χ4n) is 1.48. The van der Waals surface area contributed by atoms with Gasteiger partial charge in [0.05, 0.1) is 0 Å². The average Bonchev–Trinajstić information content (AvgIpc) is 2.22. The SMILES string of the molecule is O=C1C=C(S(=O)(=O)O)C(=O)c2ccccc21.[H-].[K+]. The zero-order valence-electron chi connectivity index (χ0n) is 9.88. The number of allylic oxidation sites excluding steroid dienone is 2. The number of carbonyl (C=O) groups is 2. The molecule has 1 aliphatic carbocycles. The minimum Gasteiger partial charge on any atom is -1.00 e. The van der Waals surface area contributed by atoms with Gasteiger partial charge in [0, 0.05) is 17.2 Å². The van der Waals surface area contributed by atoms with E-state index in [4.69, 9.17) is 4.55 Å². The number of Topliss-reactive ketones (excluding diaryl/α,β-unsaturated/α-hetero) is 1. The van der Waals surface area contributed by atoms with Crippen LogP contribution in [0.2, 0.25) is 0 Å². The van der Waals surface area contributed by atoms with Crippen molar-refractivity contribution in [2.24, 2.45) is 0 Å². The first-order valence-corrected chi connectivity index (χ1v) is 5.72. The molecule has 17 heavy (non-hydrogen) atoms. The molecule has 7 heteroatoms. The first kappa shape index (κ1) is 14.9. The van der Waals surface area contributed by atoms with E-state index >= 15 is 0 Å². The van der Waals surface area contributed by atoms with E-state index in [0.29, 0.717) is 6.08 Å². The normalized spacial score (nSPS) is 14.8. The summed E-state index contributed by atoms with van der Waals surface area (Å²) < 4.78 is 30.5. The van der Waals surface area contributed by atoms with E-state index in [9.17, 15) is 18.0 Å². The van der Waals surface area contributed by atoms with Gasteiger partial charge in [-0.05, 0) is 0 Å². The van der Waals surface area contributed by atoms with Crippen LogP contribution in [0.25, 0.3) is 0 Å². The molecule has 0 aromatic heterocycles. The van der Waals surface area contributed by atoms with Gasteiger partial charge in [0.2, 0.25) is 5.78 Å². The Morgan fingerprint density at radius 2 is 1.59 bits per heavy atom. The van der Waals surface area contributed by atoms with E-state index in [0.717, 1.165) is 0 Å². The van der Waals surface area contributed by atoms with Crippen LogP contribution in [0.4, 0.5) is 0 Å². The maximum atomic E-state index is 11.6. The maximum Gasteiger partial charge on any atom is 1.00 e. The van der Waals surface area contributed by atoms with Crippen molar-refractivity contribution in [3.05, 3.63) is 46.4 Å². The zero-order chi connectivity index (χ0) is 11.9. The zero-order valence-corrected chi connectivity index (χ0v) is 12.8. The van der Waals surface area contributed by atoms with E-state index < -0.39 is 26.6 Å². The van der Waals surface area contributed by atoms with Crippen LogP contribution in [-0.2, 0) is 10.1 Å². The van der Waals surface area contributed by atoms with Crippen molar-refractivity contribution < 1.29 is 75.4 Å². The van der Waals surface area contributed by atoms with Gasteiger partial charge in [-0.2, -0.15) is 8.42 Å². The molecule has 84 valence electrons. The van der Waals surface area contributed by atoms with Crippen LogP contribution < -0.4 is 51.4 Å². The quantitative estimate of drug-likeness (QED) is 0.472. The van der Waals surface area contributed by atoms with Crippen LogP contribution in [-0.4, -0.2) is 24.5 Å². The van der Waals surface area contributed by atoms with Gasteiger partial charge in [0.25, 0.3) is 10.1 Å². The number of hydrogen-bond acceptors (Lipinski definition) is 4. The number of carbonyl (C=O) groups excluding carboxylic acids is 2. The van der Waals surface area contributed by atoms with Crippen LogP contribution in [0, 0.1) is 0 Å². The molecule has 0 heterocycles. The Hall–Kier alpha value is -0.154. The molecule has 0 fully saturated rings. The van der Waals surface area contributed by atoms with Crippen molar-refractivity contribution in [2.45, 2.75) is 0 Å².